The van der Waals surface area contributed by atoms with Crippen molar-refractivity contribution < 1.29 is 17.7 Å². The van der Waals surface area contributed by atoms with Crippen LogP contribution in [0.3, 0.4) is 0 Å². The van der Waals surface area contributed by atoms with E-state index in [1.54, 1.807) is 0 Å². The number of hydrogen-bond donors (Lipinski definition) is 0. The van der Waals surface area contributed by atoms with Crippen molar-refractivity contribution in [1.82, 2.24) is 9.13 Å². The van der Waals surface area contributed by atoms with Gasteiger partial charge in [-0.05, 0) is 226 Å². The molecule has 0 saturated heterocycles. The van der Waals surface area contributed by atoms with Crippen LogP contribution in [0.2, 0.25) is 0 Å². The lowest BCUT2D eigenvalue weighted by Gasteiger charge is -2.26. The molecule has 0 amide bonds. The third kappa shape index (κ3) is 10.2. The summed E-state index contributed by atoms with van der Waals surface area (Å²) in [6, 6.07) is 145. The maximum absolute atomic E-state index is 6.98. The highest BCUT2D eigenvalue weighted by atomic mass is 16.3. The molecule has 0 fully saturated rings. The van der Waals surface area contributed by atoms with Crippen molar-refractivity contribution in [2.24, 2.45) is 0 Å². The number of hydrogen-bond acceptors (Lipinski definition) is 6. The van der Waals surface area contributed by atoms with Crippen LogP contribution in [0.4, 0.5) is 34.1 Å². The van der Waals surface area contributed by atoms with Gasteiger partial charge in [0.2, 0.25) is 0 Å². The highest BCUT2D eigenvalue weighted by molar-refractivity contribution is 6.22. The Bertz CT molecular complexity index is 8410. The quantitative estimate of drug-likeness (QED) is 0.121. The first-order valence-electron chi connectivity index (χ1n) is 40.2. The summed E-state index contributed by atoms with van der Waals surface area (Å²) in [5, 5.41) is 18.0. The normalized spacial score (nSPS) is 12.1. The van der Waals surface area contributed by atoms with Gasteiger partial charge in [0.05, 0.1) is 22.1 Å². The maximum atomic E-state index is 6.98. The van der Waals surface area contributed by atoms with E-state index < -0.39 is 0 Å². The Balaban J connectivity index is 0.594. The molecule has 0 aliphatic carbocycles. The van der Waals surface area contributed by atoms with Crippen LogP contribution >= 0.6 is 0 Å². The average Bonchev–Trinajstić information content (AvgIpc) is 1.60. The molecule has 118 heavy (non-hydrogen) atoms. The molecule has 6 aromatic heterocycles. The fraction of sp³-hybridized carbons (Fsp3) is 0. The smallest absolute Gasteiger partial charge is 0.143 e. The molecule has 0 spiro atoms. The van der Waals surface area contributed by atoms with Crippen LogP contribution in [-0.4, -0.2) is 9.13 Å². The number of fused-ring (bicyclic) bond motifs is 22. The summed E-state index contributed by atoms with van der Waals surface area (Å²) in [4.78, 5) is 4.72. The van der Waals surface area contributed by atoms with Gasteiger partial charge in [-0.2, -0.15) is 0 Å². The van der Waals surface area contributed by atoms with Gasteiger partial charge < -0.3 is 36.6 Å². The fourth-order valence-electron chi connectivity index (χ4n) is 19.1. The van der Waals surface area contributed by atoms with Crippen LogP contribution in [0, 0.1) is 0 Å². The molecule has 0 saturated carbocycles. The molecule has 0 radical (unpaired) electrons. The number of furan rings is 4. The van der Waals surface area contributed by atoms with E-state index in [9.17, 15) is 0 Å². The van der Waals surface area contributed by atoms with Gasteiger partial charge in [-0.3, -0.25) is 0 Å². The molecular formula is C110H66N4O4. The van der Waals surface area contributed by atoms with Gasteiger partial charge in [-0.25, -0.2) is 0 Å². The minimum Gasteiger partial charge on any atom is -0.456 e. The predicted molar refractivity (Wildman–Crippen MR) is 490 cm³/mol. The Hall–Kier alpha value is -15.9. The second-order valence-electron chi connectivity index (χ2n) is 31.0. The standard InChI is InChI=1S/C110H66N4O4/c1-3-25-84-67(19-1)43-57-92-106-82(32-17-39-103(106)117-108(84)92)71-21-15-23-79(61-71)111(75-48-52-77(53-49-75)113-97-34-10-5-27-86(97)87-28-6-11-35-98(87)113)74-46-41-69(42-47-74)94-64-73(65-96-90-31-9-14-38-102(90)116-110(94)96)70-45-60-100-95(63-70)88-29-7-12-36-99(88)114(100)78-54-50-76(51-55-78)112(81-56-59-91-89-30-8-13-37-101(89)115-105(91)66-81)80-24-16-22-72(62-80)83-33-18-40-104-107(83)93-58-44-68-20-2-4-26-85(68)109(93)118-104/h1-66H. The third-order valence-electron chi connectivity index (χ3n) is 24.5. The van der Waals surface area contributed by atoms with Crippen LogP contribution < -0.4 is 9.80 Å². The molecule has 6 heterocycles. The zero-order valence-electron chi connectivity index (χ0n) is 63.5. The predicted octanol–water partition coefficient (Wildman–Crippen LogP) is 31.4. The number of rotatable bonds is 12. The second kappa shape index (κ2) is 25.8. The first-order chi connectivity index (χ1) is 58.5. The average molecular weight is 1510 g/mol. The summed E-state index contributed by atoms with van der Waals surface area (Å²) in [7, 11) is 0. The summed E-state index contributed by atoms with van der Waals surface area (Å²) in [5.41, 5.74) is 28.2. The summed E-state index contributed by atoms with van der Waals surface area (Å²) >= 11 is 0. The first kappa shape index (κ1) is 65.6. The molecular weight excluding hydrogens is 1440 g/mol. The lowest BCUT2D eigenvalue weighted by atomic mass is 9.94. The molecule has 0 atom stereocenters. The van der Waals surface area contributed by atoms with Crippen LogP contribution in [0.25, 0.3) is 209 Å². The van der Waals surface area contributed by atoms with Crippen molar-refractivity contribution >= 4 is 187 Å². The van der Waals surface area contributed by atoms with Crippen LogP contribution in [0.5, 0.6) is 0 Å². The van der Waals surface area contributed by atoms with E-state index in [2.05, 4.69) is 407 Å². The van der Waals surface area contributed by atoms with E-state index >= 15 is 0 Å². The van der Waals surface area contributed by atoms with Gasteiger partial charge in [0.25, 0.3) is 0 Å². The van der Waals surface area contributed by atoms with E-state index in [1.807, 2.05) is 12.1 Å². The van der Waals surface area contributed by atoms with Crippen molar-refractivity contribution in [3.63, 3.8) is 0 Å². The lowest BCUT2D eigenvalue weighted by molar-refractivity contribution is 0.669. The van der Waals surface area contributed by atoms with E-state index in [1.165, 1.54) is 21.8 Å². The van der Waals surface area contributed by atoms with Gasteiger partial charge in [0, 0.05) is 133 Å². The zero-order valence-corrected chi connectivity index (χ0v) is 63.5. The van der Waals surface area contributed by atoms with E-state index in [0.29, 0.717) is 0 Å². The molecule has 25 rings (SSSR count). The Kier molecular flexibility index (Phi) is 14.4. The van der Waals surface area contributed by atoms with Crippen LogP contribution in [0.1, 0.15) is 0 Å². The Morgan fingerprint density at radius 1 is 0.178 bits per heavy atom. The molecule has 0 unspecified atom stereocenters. The van der Waals surface area contributed by atoms with Gasteiger partial charge in [0.15, 0.2) is 0 Å². The number of anilines is 6. The van der Waals surface area contributed by atoms with Gasteiger partial charge in [-0.15, -0.1) is 0 Å². The number of para-hydroxylation sites is 5. The van der Waals surface area contributed by atoms with Crippen molar-refractivity contribution in [3.05, 3.63) is 400 Å². The van der Waals surface area contributed by atoms with Gasteiger partial charge >= 0.3 is 0 Å². The van der Waals surface area contributed by atoms with E-state index in [0.717, 1.165) is 221 Å². The van der Waals surface area contributed by atoms with Crippen molar-refractivity contribution in [3.8, 4) is 55.9 Å². The molecule has 0 aliphatic heterocycles. The Labute approximate surface area is 675 Å². The zero-order chi connectivity index (χ0) is 77.2. The SMILES string of the molecule is c1cc(-c2cccc3oc4c5ccccc5ccc4c23)cc(N(c2ccc(-c3cc(-c4ccc5c(c4)c4ccccc4n5-c4ccc(N(c5cccc(-c6cccc7oc8c9ccccc9ccc8c67)c5)c5ccc6c(c5)oc5ccccc56)cc4)cc4c3oc3ccccc34)cc2)c2ccc(-n3c4ccccc4c4ccccc43)cc2)c1. The molecule has 0 aliphatic rings. The summed E-state index contributed by atoms with van der Waals surface area (Å²) in [5.74, 6) is 0. The number of aromatic nitrogens is 2. The highest BCUT2D eigenvalue weighted by Gasteiger charge is 2.25. The Morgan fingerprint density at radius 2 is 0.568 bits per heavy atom. The second-order valence-corrected chi connectivity index (χ2v) is 31.0. The van der Waals surface area contributed by atoms with Crippen LogP contribution in [-0.2, 0) is 0 Å². The molecule has 0 bridgehead atoms. The number of benzene rings is 19. The largest absolute Gasteiger partial charge is 0.456 e. The molecule has 8 nitrogen and oxygen atoms in total. The van der Waals surface area contributed by atoms with Gasteiger partial charge in [-0.1, -0.05) is 218 Å². The number of nitrogens with zero attached hydrogens (tertiary/aromatic N) is 4. The monoisotopic (exact) mass is 1510 g/mol. The lowest BCUT2D eigenvalue weighted by Crippen LogP contribution is -2.10. The topological polar surface area (TPSA) is 68.9 Å². The van der Waals surface area contributed by atoms with E-state index in [-0.39, 0.29) is 0 Å². The highest BCUT2D eigenvalue weighted by Crippen LogP contribution is 2.49. The molecule has 550 valence electrons. The maximum Gasteiger partial charge on any atom is 0.143 e. The van der Waals surface area contributed by atoms with Gasteiger partial charge in [0.1, 0.15) is 44.7 Å². The van der Waals surface area contributed by atoms with Crippen molar-refractivity contribution in [2.45, 2.75) is 0 Å². The molecule has 25 aromatic rings. The minimum absolute atomic E-state index is 0.826. The Morgan fingerprint density at radius 3 is 1.13 bits per heavy atom. The van der Waals surface area contributed by atoms with Crippen molar-refractivity contribution in [1.29, 1.82) is 0 Å². The summed E-state index contributed by atoms with van der Waals surface area (Å²) < 4.78 is 31.9. The fourth-order valence-corrected chi connectivity index (χ4v) is 19.1. The summed E-state index contributed by atoms with van der Waals surface area (Å²) in [6.07, 6.45) is 0. The molecule has 0 N–H and O–H groups in total. The summed E-state index contributed by atoms with van der Waals surface area (Å²) in [6.45, 7) is 0. The first-order valence-corrected chi connectivity index (χ1v) is 40.2. The van der Waals surface area contributed by atoms with Crippen molar-refractivity contribution in [2.75, 3.05) is 9.80 Å². The third-order valence-corrected chi connectivity index (χ3v) is 24.5. The molecule has 19 aromatic carbocycles. The van der Waals surface area contributed by atoms with Crippen LogP contribution in [0.15, 0.2) is 418 Å². The van der Waals surface area contributed by atoms with E-state index in [4.69, 9.17) is 17.7 Å². The molecule has 8 heteroatoms. The minimum atomic E-state index is 0.826.